The molecule has 0 spiro atoms. The zero-order chi connectivity index (χ0) is 19.4. The molecule has 8 heteroatoms. The minimum atomic E-state index is -3.89. The van der Waals surface area contributed by atoms with Crippen LogP contribution in [-0.2, 0) is 10.0 Å². The van der Waals surface area contributed by atoms with Crippen molar-refractivity contribution in [3.8, 4) is 0 Å². The predicted molar refractivity (Wildman–Crippen MR) is 105 cm³/mol. The molecule has 0 saturated carbocycles. The lowest BCUT2D eigenvalue weighted by Crippen LogP contribution is -2.14. The van der Waals surface area contributed by atoms with Crippen LogP contribution in [0.2, 0.25) is 0 Å². The molecule has 0 unspecified atom stereocenters. The lowest BCUT2D eigenvalue weighted by Gasteiger charge is -2.14. The molecule has 27 heavy (non-hydrogen) atoms. The van der Waals surface area contributed by atoms with Gasteiger partial charge in [0.15, 0.2) is 0 Å². The first kappa shape index (κ1) is 18.4. The maximum atomic E-state index is 12.6. The Kier molecular flexibility index (Phi) is 5.09. The monoisotopic (exact) mass is 383 g/mol. The Hall–Kier alpha value is -3.39. The van der Waals surface area contributed by atoms with E-state index in [-0.39, 0.29) is 10.6 Å². The average molecular weight is 383 g/mol. The Labute approximate surface area is 156 Å². The molecule has 0 aliphatic heterocycles. The number of nitrogens with one attached hydrogen (secondary N) is 2. The lowest BCUT2D eigenvalue weighted by molar-refractivity contribution is -0.384. The summed E-state index contributed by atoms with van der Waals surface area (Å²) in [5.74, 6) is 0. The van der Waals surface area contributed by atoms with Gasteiger partial charge in [-0.25, -0.2) is 8.42 Å². The highest BCUT2D eigenvalue weighted by Gasteiger charge is 2.17. The molecule has 0 bridgehead atoms. The van der Waals surface area contributed by atoms with Gasteiger partial charge in [0, 0.05) is 17.8 Å². The van der Waals surface area contributed by atoms with E-state index in [2.05, 4.69) is 10.0 Å². The highest BCUT2D eigenvalue weighted by molar-refractivity contribution is 7.92. The van der Waals surface area contributed by atoms with Crippen LogP contribution in [0.25, 0.3) is 0 Å². The summed E-state index contributed by atoms with van der Waals surface area (Å²) < 4.78 is 27.8. The summed E-state index contributed by atoms with van der Waals surface area (Å²) in [6, 6.07) is 19.3. The Balaban J connectivity index is 1.86. The van der Waals surface area contributed by atoms with E-state index < -0.39 is 14.9 Å². The van der Waals surface area contributed by atoms with Gasteiger partial charge in [-0.2, -0.15) is 0 Å². The third kappa shape index (κ3) is 4.42. The van der Waals surface area contributed by atoms with Crippen molar-refractivity contribution in [1.82, 2.24) is 0 Å². The number of rotatable bonds is 6. The quantitative estimate of drug-likeness (QED) is 0.484. The van der Waals surface area contributed by atoms with Crippen LogP contribution in [0.1, 0.15) is 5.56 Å². The first-order valence-corrected chi connectivity index (χ1v) is 9.53. The zero-order valence-electron chi connectivity index (χ0n) is 14.4. The first-order chi connectivity index (χ1) is 12.8. The third-order valence-electron chi connectivity index (χ3n) is 3.86. The second-order valence-corrected chi connectivity index (χ2v) is 7.58. The molecule has 138 valence electrons. The molecule has 0 aliphatic rings. The fraction of sp³-hybridized carbons (Fsp3) is 0.0526. The number of aryl methyl sites for hydroxylation is 1. The number of para-hydroxylation sites is 2. The number of nitro groups is 1. The van der Waals surface area contributed by atoms with Crippen LogP contribution in [0.3, 0.4) is 0 Å². The highest BCUT2D eigenvalue weighted by Crippen LogP contribution is 2.28. The van der Waals surface area contributed by atoms with E-state index in [4.69, 9.17) is 0 Å². The Morgan fingerprint density at radius 3 is 2.04 bits per heavy atom. The van der Waals surface area contributed by atoms with Crippen molar-refractivity contribution in [3.63, 3.8) is 0 Å². The molecule has 0 atom stereocenters. The second-order valence-electron chi connectivity index (χ2n) is 5.89. The molecule has 0 radical (unpaired) electrons. The minimum absolute atomic E-state index is 0.0572. The largest absolute Gasteiger partial charge is 0.354 e. The Morgan fingerprint density at radius 1 is 0.852 bits per heavy atom. The molecule has 0 amide bonds. The summed E-state index contributed by atoms with van der Waals surface area (Å²) in [4.78, 5) is 10.1. The molecule has 2 N–H and O–H groups in total. The first-order valence-electron chi connectivity index (χ1n) is 8.05. The van der Waals surface area contributed by atoms with E-state index in [0.717, 1.165) is 23.4 Å². The van der Waals surface area contributed by atoms with Gasteiger partial charge < -0.3 is 5.32 Å². The third-order valence-corrected chi connectivity index (χ3v) is 5.24. The van der Waals surface area contributed by atoms with Gasteiger partial charge in [-0.15, -0.1) is 0 Å². The molecule has 3 aromatic rings. The van der Waals surface area contributed by atoms with Crippen LogP contribution in [0.5, 0.6) is 0 Å². The Morgan fingerprint density at radius 2 is 1.44 bits per heavy atom. The van der Waals surface area contributed by atoms with Crippen LogP contribution < -0.4 is 10.0 Å². The number of hydrogen-bond donors (Lipinski definition) is 2. The van der Waals surface area contributed by atoms with Gasteiger partial charge in [0.1, 0.15) is 0 Å². The number of non-ortho nitro benzene ring substituents is 1. The SMILES string of the molecule is Cc1ccc(Nc2ccccc2NS(=O)(=O)c2ccc([N+](=O)[O-])cc2)cc1. The lowest BCUT2D eigenvalue weighted by atomic mass is 10.2. The fourth-order valence-electron chi connectivity index (χ4n) is 2.42. The second kappa shape index (κ2) is 7.46. The average Bonchev–Trinajstić information content (AvgIpc) is 2.65. The van der Waals surface area contributed by atoms with Crippen molar-refractivity contribution in [3.05, 3.63) is 88.5 Å². The van der Waals surface area contributed by atoms with Gasteiger partial charge >= 0.3 is 0 Å². The van der Waals surface area contributed by atoms with Crippen LogP contribution >= 0.6 is 0 Å². The number of sulfonamides is 1. The molecule has 0 heterocycles. The fourth-order valence-corrected chi connectivity index (χ4v) is 3.50. The van der Waals surface area contributed by atoms with E-state index in [1.54, 1.807) is 24.3 Å². The minimum Gasteiger partial charge on any atom is -0.354 e. The van der Waals surface area contributed by atoms with E-state index in [1.807, 2.05) is 31.2 Å². The van der Waals surface area contributed by atoms with Crippen LogP contribution in [-0.4, -0.2) is 13.3 Å². The van der Waals surface area contributed by atoms with Gasteiger partial charge in [0.25, 0.3) is 15.7 Å². The zero-order valence-corrected chi connectivity index (χ0v) is 15.2. The molecule has 0 fully saturated rings. The van der Waals surface area contributed by atoms with Gasteiger partial charge in [-0.3, -0.25) is 14.8 Å². The van der Waals surface area contributed by atoms with Crippen molar-refractivity contribution < 1.29 is 13.3 Å². The van der Waals surface area contributed by atoms with Crippen molar-refractivity contribution in [2.75, 3.05) is 10.0 Å². The predicted octanol–water partition coefficient (Wildman–Crippen LogP) is 4.45. The number of nitro benzene ring substituents is 1. The smallest absolute Gasteiger partial charge is 0.269 e. The molecular formula is C19H17N3O4S. The molecule has 0 aromatic heterocycles. The van der Waals surface area contributed by atoms with Gasteiger partial charge in [0.2, 0.25) is 0 Å². The normalized spacial score (nSPS) is 11.0. The maximum Gasteiger partial charge on any atom is 0.269 e. The maximum absolute atomic E-state index is 12.6. The van der Waals surface area contributed by atoms with Crippen molar-refractivity contribution >= 4 is 32.8 Å². The molecular weight excluding hydrogens is 366 g/mol. The summed E-state index contributed by atoms with van der Waals surface area (Å²) in [7, 11) is -3.89. The number of benzene rings is 3. The summed E-state index contributed by atoms with van der Waals surface area (Å²) in [6.07, 6.45) is 0. The summed E-state index contributed by atoms with van der Waals surface area (Å²) in [6.45, 7) is 1.98. The standard InChI is InChI=1S/C19H17N3O4S/c1-14-6-8-15(9-7-14)20-18-4-2-3-5-19(18)21-27(25,26)17-12-10-16(11-13-17)22(23)24/h2-13,20-21H,1H3. The number of hydrogen-bond acceptors (Lipinski definition) is 5. The molecule has 7 nitrogen and oxygen atoms in total. The Bertz CT molecular complexity index is 1060. The van der Waals surface area contributed by atoms with Gasteiger partial charge in [0.05, 0.1) is 21.2 Å². The molecule has 3 aromatic carbocycles. The van der Waals surface area contributed by atoms with Crippen molar-refractivity contribution in [2.24, 2.45) is 0 Å². The summed E-state index contributed by atoms with van der Waals surface area (Å²) in [5.41, 5.74) is 2.73. The van der Waals surface area contributed by atoms with Crippen molar-refractivity contribution in [1.29, 1.82) is 0 Å². The van der Waals surface area contributed by atoms with Gasteiger partial charge in [-0.05, 0) is 43.3 Å². The highest BCUT2D eigenvalue weighted by atomic mass is 32.2. The molecule has 0 saturated heterocycles. The topological polar surface area (TPSA) is 101 Å². The summed E-state index contributed by atoms with van der Waals surface area (Å²) >= 11 is 0. The number of anilines is 3. The molecule has 0 aliphatic carbocycles. The number of nitrogens with zero attached hydrogens (tertiary/aromatic N) is 1. The van der Waals surface area contributed by atoms with E-state index in [9.17, 15) is 18.5 Å². The van der Waals surface area contributed by atoms with Crippen LogP contribution in [0.15, 0.2) is 77.7 Å². The van der Waals surface area contributed by atoms with Crippen LogP contribution in [0.4, 0.5) is 22.7 Å². The summed E-state index contributed by atoms with van der Waals surface area (Å²) in [5, 5.41) is 13.9. The van der Waals surface area contributed by atoms with Crippen LogP contribution in [0, 0.1) is 17.0 Å². The van der Waals surface area contributed by atoms with E-state index in [1.165, 1.54) is 12.1 Å². The van der Waals surface area contributed by atoms with Gasteiger partial charge in [-0.1, -0.05) is 29.8 Å². The van der Waals surface area contributed by atoms with E-state index in [0.29, 0.717) is 11.4 Å². The van der Waals surface area contributed by atoms with Crippen molar-refractivity contribution in [2.45, 2.75) is 11.8 Å². The van der Waals surface area contributed by atoms with E-state index >= 15 is 0 Å². The molecule has 3 rings (SSSR count).